The third-order valence-electron chi connectivity index (χ3n) is 4.90. The molecule has 1 fully saturated rings. The van der Waals surface area contributed by atoms with Crippen LogP contribution in [0.4, 0.5) is 0 Å². The highest BCUT2D eigenvalue weighted by Crippen LogP contribution is 2.37. The molecular formula is C18H27ClN2O. The van der Waals surface area contributed by atoms with E-state index < -0.39 is 0 Å². The number of nitrogens with zero attached hydrogens (tertiary/aromatic N) is 1. The Bertz CT molecular complexity index is 518. The first-order valence-corrected chi connectivity index (χ1v) is 8.56. The number of halogens is 1. The van der Waals surface area contributed by atoms with Gasteiger partial charge >= 0.3 is 0 Å². The van der Waals surface area contributed by atoms with Crippen molar-refractivity contribution in [3.63, 3.8) is 0 Å². The molecule has 1 saturated carbocycles. The average Bonchev–Trinajstić information content (AvgIpc) is 2.96. The molecule has 0 saturated heterocycles. The zero-order valence-corrected chi connectivity index (χ0v) is 14.5. The molecule has 3 nitrogen and oxygen atoms in total. The van der Waals surface area contributed by atoms with Gasteiger partial charge in [-0.25, -0.2) is 0 Å². The van der Waals surface area contributed by atoms with Gasteiger partial charge in [-0.15, -0.1) is 0 Å². The summed E-state index contributed by atoms with van der Waals surface area (Å²) < 4.78 is 0. The van der Waals surface area contributed by atoms with Crippen LogP contribution in [0.25, 0.3) is 0 Å². The Kier molecular flexibility index (Phi) is 5.87. The van der Waals surface area contributed by atoms with Crippen LogP contribution < -0.4 is 5.73 Å². The van der Waals surface area contributed by atoms with Crippen molar-refractivity contribution in [3.8, 4) is 0 Å². The van der Waals surface area contributed by atoms with E-state index in [2.05, 4.69) is 13.8 Å². The number of benzene rings is 1. The van der Waals surface area contributed by atoms with Gasteiger partial charge in [0, 0.05) is 18.0 Å². The van der Waals surface area contributed by atoms with Gasteiger partial charge in [-0.2, -0.15) is 0 Å². The lowest BCUT2D eigenvalue weighted by molar-refractivity contribution is -0.138. The summed E-state index contributed by atoms with van der Waals surface area (Å²) in [6.07, 6.45) is 3.13. The van der Waals surface area contributed by atoms with E-state index in [-0.39, 0.29) is 17.9 Å². The van der Waals surface area contributed by atoms with Crippen LogP contribution in [0.2, 0.25) is 5.02 Å². The zero-order valence-electron chi connectivity index (χ0n) is 13.8. The molecule has 0 aromatic heterocycles. The molecule has 1 aliphatic rings. The van der Waals surface area contributed by atoms with Crippen molar-refractivity contribution in [2.24, 2.45) is 23.5 Å². The monoisotopic (exact) mass is 322 g/mol. The Morgan fingerprint density at radius 1 is 1.36 bits per heavy atom. The molecular weight excluding hydrogens is 296 g/mol. The molecule has 2 N–H and O–H groups in total. The molecule has 0 radical (unpaired) electrons. The predicted molar refractivity (Wildman–Crippen MR) is 91.7 cm³/mol. The molecule has 1 aromatic carbocycles. The average molecular weight is 323 g/mol. The van der Waals surface area contributed by atoms with Crippen molar-refractivity contribution in [2.45, 2.75) is 39.2 Å². The molecule has 1 aliphatic carbocycles. The van der Waals surface area contributed by atoms with E-state index in [9.17, 15) is 4.79 Å². The van der Waals surface area contributed by atoms with Gasteiger partial charge in [0.25, 0.3) is 0 Å². The summed E-state index contributed by atoms with van der Waals surface area (Å²) in [5, 5.41) is 0.725. The summed E-state index contributed by atoms with van der Waals surface area (Å²) in [4.78, 5) is 14.9. The minimum atomic E-state index is 0.000208. The van der Waals surface area contributed by atoms with Gasteiger partial charge in [-0.05, 0) is 42.9 Å². The van der Waals surface area contributed by atoms with Gasteiger partial charge in [0.05, 0.1) is 6.04 Å². The third kappa shape index (κ3) is 3.47. The van der Waals surface area contributed by atoms with Crippen molar-refractivity contribution >= 4 is 17.5 Å². The van der Waals surface area contributed by atoms with Crippen molar-refractivity contribution in [1.29, 1.82) is 0 Å². The van der Waals surface area contributed by atoms with Crippen LogP contribution in [0, 0.1) is 17.8 Å². The number of hydrogen-bond donors (Lipinski definition) is 1. The molecule has 122 valence electrons. The standard InChI is InChI=1S/C18H27ClN2O/c1-12(2)17(15-8-4-5-10-16(15)19)21(3)18(22)14-9-6-7-13(14)11-20/h4-5,8,10,12-14,17H,6-7,9,11,20H2,1-3H3/t13-,14-,17?/m1/s1. The van der Waals surface area contributed by atoms with Crippen LogP contribution in [-0.2, 0) is 4.79 Å². The van der Waals surface area contributed by atoms with E-state index in [0.29, 0.717) is 18.4 Å². The van der Waals surface area contributed by atoms with E-state index >= 15 is 0 Å². The van der Waals surface area contributed by atoms with Crippen LogP contribution in [0.15, 0.2) is 24.3 Å². The fourth-order valence-electron chi connectivity index (χ4n) is 3.77. The molecule has 1 unspecified atom stereocenters. The highest BCUT2D eigenvalue weighted by Gasteiger charge is 2.36. The minimum Gasteiger partial charge on any atom is -0.338 e. The number of carbonyl (C=O) groups is 1. The van der Waals surface area contributed by atoms with Gasteiger partial charge in [-0.3, -0.25) is 4.79 Å². The fraction of sp³-hybridized carbons (Fsp3) is 0.611. The molecule has 0 bridgehead atoms. The molecule has 1 amide bonds. The molecule has 1 aromatic rings. The predicted octanol–water partition coefficient (Wildman–Crippen LogP) is 3.87. The lowest BCUT2D eigenvalue weighted by Gasteiger charge is -2.35. The van der Waals surface area contributed by atoms with Crippen molar-refractivity contribution in [2.75, 3.05) is 13.6 Å². The molecule has 0 spiro atoms. The smallest absolute Gasteiger partial charge is 0.226 e. The lowest BCUT2D eigenvalue weighted by atomic mass is 9.90. The second kappa shape index (κ2) is 7.47. The van der Waals surface area contributed by atoms with Gasteiger partial charge in [0.2, 0.25) is 5.91 Å². The van der Waals surface area contributed by atoms with E-state index in [1.54, 1.807) is 0 Å². The highest BCUT2D eigenvalue weighted by molar-refractivity contribution is 6.31. The Morgan fingerprint density at radius 2 is 2.05 bits per heavy atom. The first-order valence-electron chi connectivity index (χ1n) is 8.18. The second-order valence-corrected chi connectivity index (χ2v) is 7.10. The van der Waals surface area contributed by atoms with E-state index in [4.69, 9.17) is 17.3 Å². The maximum atomic E-state index is 13.0. The number of carbonyl (C=O) groups excluding carboxylic acids is 1. The zero-order chi connectivity index (χ0) is 16.3. The van der Waals surface area contributed by atoms with Crippen LogP contribution >= 0.6 is 11.6 Å². The summed E-state index contributed by atoms with van der Waals surface area (Å²) in [6, 6.07) is 7.81. The van der Waals surface area contributed by atoms with Gasteiger partial charge < -0.3 is 10.6 Å². The van der Waals surface area contributed by atoms with Crippen LogP contribution in [0.1, 0.15) is 44.7 Å². The summed E-state index contributed by atoms with van der Waals surface area (Å²) in [7, 11) is 1.90. The Labute approximate surface area is 138 Å². The number of amides is 1. The van der Waals surface area contributed by atoms with E-state index in [0.717, 1.165) is 29.8 Å². The number of hydrogen-bond acceptors (Lipinski definition) is 2. The Morgan fingerprint density at radius 3 is 2.64 bits per heavy atom. The SMILES string of the molecule is CC(C)C(c1ccccc1Cl)N(C)C(=O)[C@@H]1CCC[C@@H]1CN. The Hall–Kier alpha value is -1.06. The molecule has 22 heavy (non-hydrogen) atoms. The van der Waals surface area contributed by atoms with Gasteiger partial charge in [-0.1, -0.05) is 50.1 Å². The summed E-state index contributed by atoms with van der Waals surface area (Å²) in [5.41, 5.74) is 6.87. The molecule has 4 heteroatoms. The first-order chi connectivity index (χ1) is 10.5. The molecule has 2 rings (SSSR count). The third-order valence-corrected chi connectivity index (χ3v) is 5.24. The topological polar surface area (TPSA) is 46.3 Å². The van der Waals surface area contributed by atoms with Gasteiger partial charge in [0.15, 0.2) is 0 Å². The summed E-state index contributed by atoms with van der Waals surface area (Å²) in [6.45, 7) is 4.86. The molecule has 0 aliphatic heterocycles. The van der Waals surface area contributed by atoms with Crippen molar-refractivity contribution in [1.82, 2.24) is 4.90 Å². The first kappa shape index (κ1) is 17.3. The van der Waals surface area contributed by atoms with Gasteiger partial charge in [0.1, 0.15) is 0 Å². The second-order valence-electron chi connectivity index (χ2n) is 6.69. The normalized spacial score (nSPS) is 22.8. The van der Waals surface area contributed by atoms with Crippen molar-refractivity contribution < 1.29 is 4.79 Å². The van der Waals surface area contributed by atoms with E-state index in [1.165, 1.54) is 0 Å². The van der Waals surface area contributed by atoms with Crippen LogP contribution in [0.5, 0.6) is 0 Å². The Balaban J connectivity index is 2.25. The highest BCUT2D eigenvalue weighted by atomic mass is 35.5. The maximum absolute atomic E-state index is 13.0. The van der Waals surface area contributed by atoms with Crippen molar-refractivity contribution in [3.05, 3.63) is 34.9 Å². The largest absolute Gasteiger partial charge is 0.338 e. The maximum Gasteiger partial charge on any atom is 0.226 e. The summed E-state index contributed by atoms with van der Waals surface area (Å²) >= 11 is 6.37. The van der Waals surface area contributed by atoms with E-state index in [1.807, 2.05) is 36.2 Å². The summed E-state index contributed by atoms with van der Waals surface area (Å²) in [5.74, 6) is 0.908. The van der Waals surface area contributed by atoms with Crippen LogP contribution in [-0.4, -0.2) is 24.4 Å². The van der Waals surface area contributed by atoms with Crippen LogP contribution in [0.3, 0.4) is 0 Å². The fourth-order valence-corrected chi connectivity index (χ4v) is 4.02. The number of rotatable bonds is 5. The lowest BCUT2D eigenvalue weighted by Crippen LogP contribution is -2.40. The molecule has 3 atom stereocenters. The molecule has 0 heterocycles. The number of nitrogens with two attached hydrogens (primary N) is 1. The minimum absolute atomic E-state index is 0.000208. The quantitative estimate of drug-likeness (QED) is 0.894.